The summed E-state index contributed by atoms with van der Waals surface area (Å²) >= 11 is 0. The maximum absolute atomic E-state index is 13.7. The standard InChI is InChI=1S/C29H37F6N7/c1-4-41(16-19-8-5-6-9-19)26-22(14-21-10-7-11-25(21)36-26)18-42(27-37-39(2)40(3)38-27)17-20-12-23(28(30,31)32)15-24(13-20)29(33,34)35/h12-15,19H,4-11,16-18H2,1-3H3,(H,37,38). The fraction of sp³-hybridized carbons (Fsp3) is 0.586. The summed E-state index contributed by atoms with van der Waals surface area (Å²) in [6.07, 6.45) is -2.32. The first-order valence-electron chi connectivity index (χ1n) is 14.4. The predicted molar refractivity (Wildman–Crippen MR) is 148 cm³/mol. The molecule has 2 heterocycles. The quantitative estimate of drug-likeness (QED) is 0.366. The zero-order valence-electron chi connectivity index (χ0n) is 24.1. The van der Waals surface area contributed by atoms with E-state index in [9.17, 15) is 26.3 Å². The largest absolute Gasteiger partial charge is 0.416 e. The van der Waals surface area contributed by atoms with Gasteiger partial charge in [-0.2, -0.15) is 26.3 Å². The SMILES string of the molecule is CCN(CC1CCCC1)c1nc2c(cc1CN(Cc1cc(C(F)(F)F)cc(C(F)(F)F)c1)C1=NN(C)N(C)N1)CCC2. The van der Waals surface area contributed by atoms with Crippen LogP contribution >= 0.6 is 0 Å². The minimum Gasteiger partial charge on any atom is -0.356 e. The van der Waals surface area contributed by atoms with Crippen molar-refractivity contribution in [2.24, 2.45) is 11.0 Å². The Labute approximate surface area is 242 Å². The number of alkyl halides is 6. The van der Waals surface area contributed by atoms with Crippen molar-refractivity contribution in [3.8, 4) is 0 Å². The Balaban J connectivity index is 1.54. The van der Waals surface area contributed by atoms with E-state index >= 15 is 0 Å². The number of anilines is 1. The number of hydrazine groups is 2. The molecule has 0 saturated heterocycles. The first kappa shape index (κ1) is 30.2. The molecular formula is C29H37F6N7. The van der Waals surface area contributed by atoms with Crippen LogP contribution in [0.1, 0.15) is 72.5 Å². The van der Waals surface area contributed by atoms with Crippen LogP contribution in [0.2, 0.25) is 0 Å². The van der Waals surface area contributed by atoms with Crippen molar-refractivity contribution in [2.45, 2.75) is 77.3 Å². The van der Waals surface area contributed by atoms with E-state index in [2.05, 4.69) is 28.4 Å². The number of nitrogens with zero attached hydrogens (tertiary/aromatic N) is 6. The maximum atomic E-state index is 13.7. The van der Waals surface area contributed by atoms with Gasteiger partial charge in [0.05, 0.1) is 11.1 Å². The Morgan fingerprint density at radius 1 is 0.881 bits per heavy atom. The predicted octanol–water partition coefficient (Wildman–Crippen LogP) is 6.19. The molecule has 0 radical (unpaired) electrons. The molecule has 1 aromatic carbocycles. The normalized spacial score (nSPS) is 17.9. The van der Waals surface area contributed by atoms with Gasteiger partial charge in [0.15, 0.2) is 0 Å². The maximum Gasteiger partial charge on any atom is 0.416 e. The number of benzene rings is 1. The Morgan fingerprint density at radius 3 is 2.12 bits per heavy atom. The van der Waals surface area contributed by atoms with Gasteiger partial charge in [-0.05, 0) is 80.3 Å². The van der Waals surface area contributed by atoms with Crippen LogP contribution in [0.25, 0.3) is 0 Å². The van der Waals surface area contributed by atoms with Crippen LogP contribution in [0.3, 0.4) is 0 Å². The fourth-order valence-corrected chi connectivity index (χ4v) is 6.09. The van der Waals surface area contributed by atoms with Crippen molar-refractivity contribution in [3.05, 3.63) is 57.8 Å². The van der Waals surface area contributed by atoms with E-state index in [0.717, 1.165) is 67.1 Å². The van der Waals surface area contributed by atoms with E-state index in [1.54, 1.807) is 24.1 Å². The molecule has 1 N–H and O–H groups in total. The van der Waals surface area contributed by atoms with Gasteiger partial charge < -0.3 is 9.80 Å². The molecule has 0 amide bonds. The second-order valence-corrected chi connectivity index (χ2v) is 11.4. The lowest BCUT2D eigenvalue weighted by molar-refractivity contribution is -0.143. The van der Waals surface area contributed by atoms with Gasteiger partial charge in [-0.25, -0.2) is 10.1 Å². The third-order valence-electron chi connectivity index (χ3n) is 8.36. The molecule has 0 atom stereocenters. The number of hydrogen-bond acceptors (Lipinski definition) is 7. The van der Waals surface area contributed by atoms with E-state index < -0.39 is 23.5 Å². The Hall–Kier alpha value is -3.22. The molecule has 2 aliphatic carbocycles. The molecule has 1 aliphatic heterocycles. The summed E-state index contributed by atoms with van der Waals surface area (Å²) in [5.41, 5.74) is 3.35. The minimum atomic E-state index is -4.93. The Morgan fingerprint density at radius 2 is 1.55 bits per heavy atom. The Bertz CT molecular complexity index is 1270. The van der Waals surface area contributed by atoms with Crippen molar-refractivity contribution >= 4 is 11.8 Å². The molecule has 42 heavy (non-hydrogen) atoms. The summed E-state index contributed by atoms with van der Waals surface area (Å²) in [5, 5.41) is 7.56. The van der Waals surface area contributed by atoms with Crippen LogP contribution in [0.5, 0.6) is 0 Å². The second kappa shape index (κ2) is 11.8. The molecule has 1 aromatic heterocycles. The third-order valence-corrected chi connectivity index (χ3v) is 8.36. The highest BCUT2D eigenvalue weighted by Gasteiger charge is 2.37. The monoisotopic (exact) mass is 597 g/mol. The molecule has 7 nitrogen and oxygen atoms in total. The molecule has 0 bridgehead atoms. The van der Waals surface area contributed by atoms with Gasteiger partial charge in [0.1, 0.15) is 5.82 Å². The number of pyridine rings is 1. The zero-order chi connectivity index (χ0) is 30.2. The molecule has 3 aliphatic rings. The number of nitrogens with one attached hydrogen (secondary N) is 1. The molecule has 2 aromatic rings. The number of hydrogen-bond donors (Lipinski definition) is 1. The fourth-order valence-electron chi connectivity index (χ4n) is 6.09. The zero-order valence-corrected chi connectivity index (χ0v) is 24.1. The highest BCUT2D eigenvalue weighted by atomic mass is 19.4. The second-order valence-electron chi connectivity index (χ2n) is 11.4. The summed E-state index contributed by atoms with van der Waals surface area (Å²) in [5.74, 6) is 1.71. The van der Waals surface area contributed by atoms with Gasteiger partial charge in [0, 0.05) is 51.5 Å². The molecule has 0 spiro atoms. The molecule has 230 valence electrons. The van der Waals surface area contributed by atoms with Crippen molar-refractivity contribution in [1.29, 1.82) is 0 Å². The van der Waals surface area contributed by atoms with Crippen molar-refractivity contribution < 1.29 is 26.3 Å². The Kier molecular flexibility index (Phi) is 8.51. The van der Waals surface area contributed by atoms with Gasteiger partial charge in [-0.15, -0.1) is 10.2 Å². The average molecular weight is 598 g/mol. The number of guanidine groups is 1. The van der Waals surface area contributed by atoms with Crippen LogP contribution in [0.15, 0.2) is 29.4 Å². The molecule has 13 heteroatoms. The van der Waals surface area contributed by atoms with Crippen LogP contribution < -0.4 is 10.3 Å². The lowest BCUT2D eigenvalue weighted by Gasteiger charge is -2.31. The number of aromatic nitrogens is 1. The molecule has 0 unspecified atom stereocenters. The highest BCUT2D eigenvalue weighted by Crippen LogP contribution is 2.37. The van der Waals surface area contributed by atoms with Crippen LogP contribution in [-0.4, -0.2) is 53.3 Å². The van der Waals surface area contributed by atoms with Gasteiger partial charge in [-0.3, -0.25) is 5.43 Å². The molecule has 1 saturated carbocycles. The van der Waals surface area contributed by atoms with Gasteiger partial charge in [0.25, 0.3) is 0 Å². The van der Waals surface area contributed by atoms with Crippen molar-refractivity contribution in [1.82, 2.24) is 25.5 Å². The number of rotatable bonds is 8. The topological polar surface area (TPSA) is 50.2 Å². The lowest BCUT2D eigenvalue weighted by atomic mass is 10.0. The number of halogens is 6. The van der Waals surface area contributed by atoms with Gasteiger partial charge >= 0.3 is 12.4 Å². The summed E-state index contributed by atoms with van der Waals surface area (Å²) < 4.78 is 81.9. The van der Waals surface area contributed by atoms with E-state index in [1.165, 1.54) is 30.8 Å². The molecular weight excluding hydrogens is 560 g/mol. The first-order valence-corrected chi connectivity index (χ1v) is 14.4. The smallest absolute Gasteiger partial charge is 0.356 e. The lowest BCUT2D eigenvalue weighted by Crippen LogP contribution is -2.45. The first-order chi connectivity index (χ1) is 19.8. The summed E-state index contributed by atoms with van der Waals surface area (Å²) in [7, 11) is 3.40. The van der Waals surface area contributed by atoms with Gasteiger partial charge in [-0.1, -0.05) is 12.8 Å². The van der Waals surface area contributed by atoms with Crippen molar-refractivity contribution in [2.75, 3.05) is 32.1 Å². The van der Waals surface area contributed by atoms with Crippen LogP contribution in [-0.2, 0) is 38.3 Å². The minimum absolute atomic E-state index is 0.118. The van der Waals surface area contributed by atoms with Crippen LogP contribution in [0, 0.1) is 5.92 Å². The number of fused-ring (bicyclic) bond motifs is 1. The number of hydrazone groups is 1. The summed E-state index contributed by atoms with van der Waals surface area (Å²) in [6.45, 7) is 3.65. The molecule has 5 rings (SSSR count). The van der Waals surface area contributed by atoms with E-state index in [4.69, 9.17) is 4.98 Å². The highest BCUT2D eigenvalue weighted by molar-refractivity contribution is 5.80. The molecule has 1 fully saturated rings. The summed E-state index contributed by atoms with van der Waals surface area (Å²) in [6, 6.07) is 3.84. The van der Waals surface area contributed by atoms with Crippen molar-refractivity contribution in [3.63, 3.8) is 0 Å². The third kappa shape index (κ3) is 6.71. The average Bonchev–Trinajstić information content (AvgIpc) is 3.67. The van der Waals surface area contributed by atoms with E-state index in [-0.39, 0.29) is 24.7 Å². The van der Waals surface area contributed by atoms with E-state index in [0.29, 0.717) is 11.9 Å². The van der Waals surface area contributed by atoms with E-state index in [1.807, 2.05) is 0 Å². The van der Waals surface area contributed by atoms with Crippen LogP contribution in [0.4, 0.5) is 32.2 Å². The van der Waals surface area contributed by atoms with Gasteiger partial charge in [0.2, 0.25) is 5.96 Å². The number of aryl methyl sites for hydroxylation is 2. The summed E-state index contributed by atoms with van der Waals surface area (Å²) in [4.78, 5) is 9.05.